The molecule has 1 aromatic carbocycles. The fourth-order valence-electron chi connectivity index (χ4n) is 1.17. The Morgan fingerprint density at radius 3 is 2.33 bits per heavy atom. The lowest BCUT2D eigenvalue weighted by atomic mass is 10.2. The minimum absolute atomic E-state index is 1.03. The maximum atomic E-state index is 4.25. The highest BCUT2D eigenvalue weighted by atomic mass is 15.0. The molecule has 1 aromatic heterocycles. The maximum absolute atomic E-state index is 4.25. The summed E-state index contributed by atoms with van der Waals surface area (Å²) in [7, 11) is 1.97. The van der Waals surface area contributed by atoms with Crippen LogP contribution in [0.2, 0.25) is 0 Å². The average Bonchev–Trinajstić information content (AvgIpc) is 2.67. The summed E-state index contributed by atoms with van der Waals surface area (Å²) in [5, 5.41) is 0. The van der Waals surface area contributed by atoms with Crippen LogP contribution in [-0.2, 0) is 7.05 Å². The monoisotopic (exact) mass is 200 g/mol. The van der Waals surface area contributed by atoms with Gasteiger partial charge in [0.15, 0.2) is 0 Å². The molecule has 0 spiro atoms. The normalized spacial score (nSPS) is 8.93. The summed E-state index contributed by atoms with van der Waals surface area (Å²) >= 11 is 0. The van der Waals surface area contributed by atoms with Crippen LogP contribution in [-0.4, -0.2) is 9.55 Å². The van der Waals surface area contributed by atoms with Crippen LogP contribution in [0.4, 0.5) is 0 Å². The van der Waals surface area contributed by atoms with Crippen LogP contribution in [0.3, 0.4) is 0 Å². The molecule has 2 heteroatoms. The summed E-state index contributed by atoms with van der Waals surface area (Å²) in [6.07, 6.45) is 5.57. The van der Waals surface area contributed by atoms with Crippen molar-refractivity contribution in [3.63, 3.8) is 0 Å². The van der Waals surface area contributed by atoms with Gasteiger partial charge < -0.3 is 4.57 Å². The zero-order chi connectivity index (χ0) is 11.1. The first kappa shape index (κ1) is 11.2. The van der Waals surface area contributed by atoms with Gasteiger partial charge in [0.1, 0.15) is 0 Å². The summed E-state index contributed by atoms with van der Waals surface area (Å²) in [5.41, 5.74) is 2.19. The summed E-state index contributed by atoms with van der Waals surface area (Å²) < 4.78 is 1.95. The first-order valence-corrected chi connectivity index (χ1v) is 4.88. The molecule has 0 bridgehead atoms. The Morgan fingerprint density at radius 2 is 1.87 bits per heavy atom. The average molecular weight is 200 g/mol. The lowest BCUT2D eigenvalue weighted by Crippen LogP contribution is -1.78. The van der Waals surface area contributed by atoms with Crippen molar-refractivity contribution in [3.8, 4) is 11.3 Å². The summed E-state index contributed by atoms with van der Waals surface area (Å²) in [6, 6.07) is 10.2. The van der Waals surface area contributed by atoms with Gasteiger partial charge in [-0.25, -0.2) is 4.98 Å². The Balaban J connectivity index is 0.000000337. The number of aryl methyl sites for hydroxylation is 1. The van der Waals surface area contributed by atoms with Crippen molar-refractivity contribution in [3.05, 3.63) is 55.5 Å². The van der Waals surface area contributed by atoms with E-state index in [4.69, 9.17) is 0 Å². The Hall–Kier alpha value is -1.83. The number of aromatic nitrogens is 2. The molecule has 0 amide bonds. The zero-order valence-electron chi connectivity index (χ0n) is 9.22. The third kappa shape index (κ3) is 3.43. The summed E-state index contributed by atoms with van der Waals surface area (Å²) in [5.74, 6) is 0. The second kappa shape index (κ2) is 5.81. The van der Waals surface area contributed by atoms with Gasteiger partial charge in [-0.05, 0) is 6.92 Å². The molecule has 2 aromatic rings. The van der Waals surface area contributed by atoms with Crippen molar-refractivity contribution in [2.45, 2.75) is 6.92 Å². The first-order valence-electron chi connectivity index (χ1n) is 4.88. The smallest absolute Gasteiger partial charge is 0.0951 e. The van der Waals surface area contributed by atoms with Gasteiger partial charge >= 0.3 is 0 Å². The van der Waals surface area contributed by atoms with E-state index >= 15 is 0 Å². The van der Waals surface area contributed by atoms with Crippen molar-refractivity contribution in [2.24, 2.45) is 7.05 Å². The first-order chi connectivity index (χ1) is 7.27. The van der Waals surface area contributed by atoms with E-state index in [1.165, 1.54) is 0 Å². The van der Waals surface area contributed by atoms with E-state index in [2.05, 4.69) is 23.7 Å². The van der Waals surface area contributed by atoms with Crippen LogP contribution in [0.15, 0.2) is 55.5 Å². The number of nitrogens with zero attached hydrogens (tertiary/aromatic N) is 2. The molecule has 0 atom stereocenters. The predicted octanol–water partition coefficient (Wildman–Crippen LogP) is 3.28. The lowest BCUT2D eigenvalue weighted by molar-refractivity contribution is 0.913. The van der Waals surface area contributed by atoms with Crippen LogP contribution in [0.1, 0.15) is 6.92 Å². The molecule has 0 unspecified atom stereocenters. The minimum Gasteiger partial charge on any atom is -0.340 e. The Morgan fingerprint density at radius 1 is 1.27 bits per heavy atom. The van der Waals surface area contributed by atoms with Crippen LogP contribution >= 0.6 is 0 Å². The quantitative estimate of drug-likeness (QED) is 0.646. The van der Waals surface area contributed by atoms with Gasteiger partial charge in [-0.2, -0.15) is 0 Å². The molecule has 2 rings (SSSR count). The van der Waals surface area contributed by atoms with Crippen LogP contribution in [0.25, 0.3) is 11.3 Å². The van der Waals surface area contributed by atoms with E-state index in [0.29, 0.717) is 0 Å². The molecule has 0 saturated carbocycles. The predicted molar refractivity (Wildman–Crippen MR) is 64.5 cm³/mol. The third-order valence-corrected chi connectivity index (χ3v) is 1.77. The number of imidazole rings is 1. The van der Waals surface area contributed by atoms with Gasteiger partial charge in [0, 0.05) is 18.8 Å². The number of allylic oxidation sites excluding steroid dienone is 1. The molecule has 0 aliphatic rings. The number of hydrogen-bond acceptors (Lipinski definition) is 1. The molecular weight excluding hydrogens is 184 g/mol. The fraction of sp³-hybridized carbons (Fsp3) is 0.154. The largest absolute Gasteiger partial charge is 0.340 e. The van der Waals surface area contributed by atoms with E-state index < -0.39 is 0 Å². The molecule has 78 valence electrons. The highest BCUT2D eigenvalue weighted by molar-refractivity contribution is 5.57. The highest BCUT2D eigenvalue weighted by Crippen LogP contribution is 2.14. The van der Waals surface area contributed by atoms with E-state index in [9.17, 15) is 0 Å². The van der Waals surface area contributed by atoms with Crippen LogP contribution < -0.4 is 0 Å². The standard InChI is InChI=1S/C10H10N2.C3H6/c1-12-7-10(11-8-12)9-5-3-2-4-6-9;1-3-2/h2-8H,1H3;3H,1H2,2H3. The number of hydrogen-bond donors (Lipinski definition) is 0. The Labute approximate surface area is 90.9 Å². The van der Waals surface area contributed by atoms with Crippen LogP contribution in [0, 0.1) is 0 Å². The summed E-state index contributed by atoms with van der Waals surface area (Å²) in [4.78, 5) is 4.25. The fourth-order valence-corrected chi connectivity index (χ4v) is 1.17. The molecule has 0 radical (unpaired) electrons. The van der Waals surface area contributed by atoms with Gasteiger partial charge in [0.25, 0.3) is 0 Å². The number of rotatable bonds is 1. The maximum Gasteiger partial charge on any atom is 0.0951 e. The number of benzene rings is 1. The minimum atomic E-state index is 1.03. The van der Waals surface area contributed by atoms with Crippen molar-refractivity contribution in [1.29, 1.82) is 0 Å². The van der Waals surface area contributed by atoms with Gasteiger partial charge in [-0.1, -0.05) is 36.4 Å². The van der Waals surface area contributed by atoms with Gasteiger partial charge in [-0.15, -0.1) is 6.58 Å². The van der Waals surface area contributed by atoms with Gasteiger partial charge in [0.05, 0.1) is 12.0 Å². The molecule has 0 fully saturated rings. The SMILES string of the molecule is C=CC.Cn1cnc(-c2ccccc2)c1. The third-order valence-electron chi connectivity index (χ3n) is 1.77. The van der Waals surface area contributed by atoms with Crippen molar-refractivity contribution >= 4 is 0 Å². The molecule has 0 aliphatic heterocycles. The molecule has 1 heterocycles. The van der Waals surface area contributed by atoms with E-state index in [1.807, 2.05) is 49.3 Å². The van der Waals surface area contributed by atoms with Crippen molar-refractivity contribution in [2.75, 3.05) is 0 Å². The Kier molecular flexibility index (Phi) is 4.35. The zero-order valence-corrected chi connectivity index (χ0v) is 9.22. The molecule has 0 N–H and O–H groups in total. The van der Waals surface area contributed by atoms with Crippen molar-refractivity contribution < 1.29 is 0 Å². The van der Waals surface area contributed by atoms with Gasteiger partial charge in [-0.3, -0.25) is 0 Å². The highest BCUT2D eigenvalue weighted by Gasteiger charge is 1.97. The topological polar surface area (TPSA) is 17.8 Å². The van der Waals surface area contributed by atoms with Crippen molar-refractivity contribution in [1.82, 2.24) is 9.55 Å². The molecular formula is C13H16N2. The van der Waals surface area contributed by atoms with E-state index in [1.54, 1.807) is 6.08 Å². The molecule has 0 aliphatic carbocycles. The molecule has 15 heavy (non-hydrogen) atoms. The summed E-state index contributed by atoms with van der Waals surface area (Å²) in [6.45, 7) is 5.25. The van der Waals surface area contributed by atoms with Gasteiger partial charge in [0.2, 0.25) is 0 Å². The second-order valence-electron chi connectivity index (χ2n) is 3.20. The molecule has 2 nitrogen and oxygen atoms in total. The second-order valence-corrected chi connectivity index (χ2v) is 3.20. The molecule has 0 saturated heterocycles. The lowest BCUT2D eigenvalue weighted by Gasteiger charge is -1.92. The van der Waals surface area contributed by atoms with E-state index in [0.717, 1.165) is 11.3 Å². The van der Waals surface area contributed by atoms with Crippen LogP contribution in [0.5, 0.6) is 0 Å². The Bertz CT molecular complexity index is 401. The van der Waals surface area contributed by atoms with E-state index in [-0.39, 0.29) is 0 Å².